The van der Waals surface area contributed by atoms with Crippen molar-refractivity contribution in [2.75, 3.05) is 6.23 Å². The molecule has 6 heteroatoms. The number of carbonyl (C=O) groups excluding carboxylic acids is 1. The first-order valence-electron chi connectivity index (χ1n) is 6.91. The van der Waals surface area contributed by atoms with Gasteiger partial charge in [0.2, 0.25) is 5.88 Å². The third-order valence-electron chi connectivity index (χ3n) is 3.10. The Labute approximate surface area is 122 Å². The van der Waals surface area contributed by atoms with Gasteiger partial charge in [0.1, 0.15) is 5.60 Å². The first-order valence-corrected chi connectivity index (χ1v) is 9.46. The summed E-state index contributed by atoms with van der Waals surface area (Å²) in [7, 11) is -0.998. The van der Waals surface area contributed by atoms with Crippen LogP contribution in [-0.4, -0.2) is 36.5 Å². The van der Waals surface area contributed by atoms with Crippen LogP contribution in [0.2, 0.25) is 11.6 Å². The molecule has 1 aromatic rings. The molecule has 5 nitrogen and oxygen atoms in total. The first kappa shape index (κ1) is 16.8. The molecule has 0 N–H and O–H groups in total. The molecule has 1 atom stereocenters. The van der Waals surface area contributed by atoms with Crippen molar-refractivity contribution in [1.82, 2.24) is 9.78 Å². The summed E-state index contributed by atoms with van der Waals surface area (Å²) in [6.45, 7) is 14.4. The van der Waals surface area contributed by atoms with Crippen LogP contribution >= 0.6 is 0 Å². The molecule has 114 valence electrons. The Bertz CT molecular complexity index is 458. The molecule has 0 spiro atoms. The van der Waals surface area contributed by atoms with Gasteiger partial charge < -0.3 is 9.47 Å². The zero-order valence-electron chi connectivity index (χ0n) is 13.6. The van der Waals surface area contributed by atoms with E-state index in [1.165, 1.54) is 4.68 Å². The maximum atomic E-state index is 11.8. The predicted octanol–water partition coefficient (Wildman–Crippen LogP) is 3.24. The molecule has 0 aliphatic rings. The lowest BCUT2D eigenvalue weighted by Gasteiger charge is -2.25. The van der Waals surface area contributed by atoms with Crippen molar-refractivity contribution in [3.05, 3.63) is 12.3 Å². The number of carbonyl (C=O) groups is 1. The van der Waals surface area contributed by atoms with Gasteiger partial charge in [0.15, 0.2) is 0 Å². The van der Waals surface area contributed by atoms with Crippen LogP contribution in [0.15, 0.2) is 12.3 Å². The van der Waals surface area contributed by atoms with Crippen molar-refractivity contribution in [2.24, 2.45) is 0 Å². The third kappa shape index (κ3) is 5.36. The molecule has 1 unspecified atom stereocenters. The summed E-state index contributed by atoms with van der Waals surface area (Å²) in [6.07, 6.45) is 1.77. The van der Waals surface area contributed by atoms with Gasteiger partial charge in [-0.05, 0) is 25.8 Å². The van der Waals surface area contributed by atoms with Gasteiger partial charge >= 0.3 is 6.09 Å². The van der Waals surface area contributed by atoms with Gasteiger partial charge in [-0.15, -0.1) is 5.10 Å². The Morgan fingerprint density at radius 1 is 1.30 bits per heavy atom. The Kier molecular flexibility index (Phi) is 5.02. The number of hydrogen-bond donors (Lipinski definition) is 0. The lowest BCUT2D eigenvalue weighted by atomic mass is 10.2. The van der Waals surface area contributed by atoms with Gasteiger partial charge in [0.05, 0.1) is 15.0 Å². The van der Waals surface area contributed by atoms with Gasteiger partial charge in [-0.1, -0.05) is 27.3 Å². The van der Waals surface area contributed by atoms with Crippen molar-refractivity contribution < 1.29 is 14.3 Å². The van der Waals surface area contributed by atoms with Crippen molar-refractivity contribution in [2.45, 2.75) is 58.7 Å². The molecule has 0 bridgehead atoms. The SMILES string of the molecule is C[SiH](COc1ccn(C(=O)OC(C)(C)C)n1)C(C)(C)C. The molecule has 0 radical (unpaired) electrons. The lowest BCUT2D eigenvalue weighted by molar-refractivity contribution is 0.0512. The summed E-state index contributed by atoms with van der Waals surface area (Å²) in [5.41, 5.74) is -0.530. The highest BCUT2D eigenvalue weighted by Gasteiger charge is 2.23. The first-order chi connectivity index (χ1) is 8.99. The van der Waals surface area contributed by atoms with Crippen molar-refractivity contribution in [3.63, 3.8) is 0 Å². The molecule has 1 aromatic heterocycles. The average Bonchev–Trinajstić information content (AvgIpc) is 2.70. The maximum absolute atomic E-state index is 11.8. The van der Waals surface area contributed by atoms with Crippen LogP contribution in [0, 0.1) is 0 Å². The van der Waals surface area contributed by atoms with E-state index in [0.717, 1.165) is 0 Å². The molecule has 0 aliphatic heterocycles. The molecule has 0 saturated heterocycles. The summed E-state index contributed by atoms with van der Waals surface area (Å²) in [6, 6.07) is 1.69. The van der Waals surface area contributed by atoms with E-state index in [9.17, 15) is 4.79 Å². The van der Waals surface area contributed by atoms with E-state index in [1.807, 2.05) is 20.8 Å². The van der Waals surface area contributed by atoms with Crippen molar-refractivity contribution in [1.29, 1.82) is 0 Å². The van der Waals surface area contributed by atoms with Crippen LogP contribution < -0.4 is 4.74 Å². The second kappa shape index (κ2) is 5.99. The quantitative estimate of drug-likeness (QED) is 0.804. The predicted molar refractivity (Wildman–Crippen MR) is 82.1 cm³/mol. The van der Waals surface area contributed by atoms with Gasteiger partial charge in [-0.2, -0.15) is 4.68 Å². The molecule has 0 saturated carbocycles. The Balaban J connectivity index is 2.58. The van der Waals surface area contributed by atoms with Crippen molar-refractivity contribution in [3.8, 4) is 5.88 Å². The molecular formula is C14H26N2O3Si. The summed E-state index contributed by atoms with van der Waals surface area (Å²) in [4.78, 5) is 11.8. The number of aromatic nitrogens is 2. The Morgan fingerprint density at radius 2 is 1.90 bits per heavy atom. The molecule has 1 rings (SSSR count). The average molecular weight is 298 g/mol. The van der Waals surface area contributed by atoms with E-state index < -0.39 is 20.5 Å². The van der Waals surface area contributed by atoms with Gasteiger partial charge in [0, 0.05) is 12.3 Å². The molecule has 20 heavy (non-hydrogen) atoms. The van der Waals surface area contributed by atoms with E-state index in [2.05, 4.69) is 32.4 Å². The largest absolute Gasteiger partial charge is 0.481 e. The normalized spacial score (nSPS) is 13.9. The topological polar surface area (TPSA) is 53.4 Å². The second-order valence-electron chi connectivity index (χ2n) is 7.16. The molecule has 0 amide bonds. The second-order valence-corrected chi connectivity index (χ2v) is 11.0. The fourth-order valence-corrected chi connectivity index (χ4v) is 2.18. The van der Waals surface area contributed by atoms with Gasteiger partial charge in [-0.25, -0.2) is 4.79 Å². The number of nitrogens with zero attached hydrogens (tertiary/aromatic N) is 2. The third-order valence-corrected chi connectivity index (χ3v) is 6.73. The molecule has 1 heterocycles. The highest BCUT2D eigenvalue weighted by Crippen LogP contribution is 2.26. The molecule has 0 aliphatic carbocycles. The molecular weight excluding hydrogens is 272 g/mol. The maximum Gasteiger partial charge on any atom is 0.435 e. The smallest absolute Gasteiger partial charge is 0.435 e. The van der Waals surface area contributed by atoms with E-state index >= 15 is 0 Å². The number of ether oxygens (including phenoxy) is 2. The summed E-state index contributed by atoms with van der Waals surface area (Å²) < 4.78 is 12.1. The van der Waals surface area contributed by atoms with Gasteiger partial charge in [0.25, 0.3) is 0 Å². The van der Waals surface area contributed by atoms with Crippen LogP contribution in [0.1, 0.15) is 41.5 Å². The Morgan fingerprint density at radius 3 is 2.40 bits per heavy atom. The monoisotopic (exact) mass is 298 g/mol. The van der Waals surface area contributed by atoms with E-state index in [-0.39, 0.29) is 0 Å². The Hall–Kier alpha value is -1.30. The standard InChI is InChI=1S/C14H26N2O3Si/c1-13(2,3)19-12(17)16-9-8-11(15-16)18-10-20(7)14(4,5)6/h8-9,20H,10H2,1-7H3. The van der Waals surface area contributed by atoms with Crippen LogP contribution in [-0.2, 0) is 4.74 Å². The van der Waals surface area contributed by atoms with Gasteiger partial charge in [-0.3, -0.25) is 0 Å². The van der Waals surface area contributed by atoms with Crippen LogP contribution in [0.25, 0.3) is 0 Å². The van der Waals surface area contributed by atoms with Crippen LogP contribution in [0.4, 0.5) is 4.79 Å². The molecule has 0 aromatic carbocycles. The number of rotatable bonds is 3. The van der Waals surface area contributed by atoms with Crippen LogP contribution in [0.3, 0.4) is 0 Å². The van der Waals surface area contributed by atoms with E-state index in [1.54, 1.807) is 12.3 Å². The van der Waals surface area contributed by atoms with Crippen LogP contribution in [0.5, 0.6) is 5.88 Å². The minimum atomic E-state index is -0.998. The highest BCUT2D eigenvalue weighted by atomic mass is 28.3. The summed E-state index contributed by atoms with van der Waals surface area (Å²) >= 11 is 0. The summed E-state index contributed by atoms with van der Waals surface area (Å²) in [5, 5.41) is 4.40. The minimum absolute atomic E-state index is 0.313. The highest BCUT2D eigenvalue weighted by molar-refractivity contribution is 6.60. The number of hydrogen-bond acceptors (Lipinski definition) is 4. The zero-order valence-corrected chi connectivity index (χ0v) is 14.7. The summed E-state index contributed by atoms with van der Waals surface area (Å²) in [5.74, 6) is 0.472. The zero-order chi connectivity index (χ0) is 15.6. The molecule has 0 fully saturated rings. The van der Waals surface area contributed by atoms with Crippen molar-refractivity contribution >= 4 is 14.9 Å². The fraction of sp³-hybridized carbons (Fsp3) is 0.714. The fourth-order valence-electron chi connectivity index (χ4n) is 1.25. The minimum Gasteiger partial charge on any atom is -0.481 e. The van der Waals surface area contributed by atoms with E-state index in [0.29, 0.717) is 17.1 Å². The van der Waals surface area contributed by atoms with E-state index in [4.69, 9.17) is 9.47 Å². The lowest BCUT2D eigenvalue weighted by Crippen LogP contribution is -2.29.